The van der Waals surface area contributed by atoms with Crippen LogP contribution < -0.4 is 5.43 Å². The Morgan fingerprint density at radius 1 is 0.947 bits per heavy atom. The first-order valence-electron chi connectivity index (χ1n) is 6.16. The Hall–Kier alpha value is -2.55. The molecule has 0 aliphatic carbocycles. The van der Waals surface area contributed by atoms with E-state index in [-0.39, 0.29) is 5.43 Å². The van der Waals surface area contributed by atoms with Crippen LogP contribution in [0.5, 0.6) is 0 Å². The van der Waals surface area contributed by atoms with Crippen LogP contribution in [0.4, 0.5) is 0 Å². The Labute approximate surface area is 108 Å². The molecule has 0 N–H and O–H groups in total. The summed E-state index contributed by atoms with van der Waals surface area (Å²) in [6, 6.07) is 15.3. The number of hydrogen-bond acceptors (Lipinski definition) is 2. The maximum Gasteiger partial charge on any atom is 0.232 e. The van der Waals surface area contributed by atoms with Crippen LogP contribution in [0.1, 0.15) is 0 Å². The zero-order valence-corrected chi connectivity index (χ0v) is 10.4. The van der Waals surface area contributed by atoms with E-state index < -0.39 is 0 Å². The lowest BCUT2D eigenvalue weighted by Gasteiger charge is -2.06. The highest BCUT2D eigenvalue weighted by Gasteiger charge is 2.15. The molecule has 0 radical (unpaired) electrons. The molecule has 4 rings (SSSR count). The number of aryl methyl sites for hydroxylation is 1. The van der Waals surface area contributed by atoms with E-state index in [1.807, 2.05) is 60.1 Å². The molecule has 0 spiro atoms. The SMILES string of the molecule is Cn1c2ccccc2c(=O)c2oc3ccccc3c21. The number of pyridine rings is 1. The molecule has 0 saturated heterocycles. The molecule has 2 heterocycles. The normalized spacial score (nSPS) is 11.6. The Balaban J connectivity index is 2.43. The number of hydrogen-bond donors (Lipinski definition) is 0. The highest BCUT2D eigenvalue weighted by atomic mass is 16.3. The van der Waals surface area contributed by atoms with E-state index >= 15 is 0 Å². The summed E-state index contributed by atoms with van der Waals surface area (Å²) < 4.78 is 7.76. The third-order valence-corrected chi connectivity index (χ3v) is 3.62. The zero-order valence-electron chi connectivity index (χ0n) is 10.4. The monoisotopic (exact) mass is 249 g/mol. The molecule has 19 heavy (non-hydrogen) atoms. The lowest BCUT2D eigenvalue weighted by molar-refractivity contribution is 0.664. The summed E-state index contributed by atoms with van der Waals surface area (Å²) in [6.45, 7) is 0. The molecule has 92 valence electrons. The number of furan rings is 1. The van der Waals surface area contributed by atoms with Gasteiger partial charge in [0.15, 0.2) is 5.58 Å². The fourth-order valence-corrected chi connectivity index (χ4v) is 2.72. The van der Waals surface area contributed by atoms with E-state index in [0.29, 0.717) is 11.0 Å². The van der Waals surface area contributed by atoms with Gasteiger partial charge in [-0.2, -0.15) is 0 Å². The smallest absolute Gasteiger partial charge is 0.232 e. The van der Waals surface area contributed by atoms with Gasteiger partial charge in [0.05, 0.1) is 11.0 Å². The fourth-order valence-electron chi connectivity index (χ4n) is 2.72. The van der Waals surface area contributed by atoms with Crippen LogP contribution in [-0.4, -0.2) is 4.57 Å². The van der Waals surface area contributed by atoms with Gasteiger partial charge in [0.2, 0.25) is 5.43 Å². The summed E-state index contributed by atoms with van der Waals surface area (Å²) in [5.41, 5.74) is 2.92. The highest BCUT2D eigenvalue weighted by molar-refractivity contribution is 6.06. The van der Waals surface area contributed by atoms with Crippen LogP contribution >= 0.6 is 0 Å². The highest BCUT2D eigenvalue weighted by Crippen LogP contribution is 2.28. The van der Waals surface area contributed by atoms with Crippen molar-refractivity contribution in [3.05, 3.63) is 58.8 Å². The first-order valence-corrected chi connectivity index (χ1v) is 6.16. The van der Waals surface area contributed by atoms with Crippen molar-refractivity contribution >= 4 is 33.0 Å². The van der Waals surface area contributed by atoms with Gasteiger partial charge in [-0.05, 0) is 24.3 Å². The number of rotatable bonds is 0. The maximum atomic E-state index is 12.5. The average molecular weight is 249 g/mol. The Bertz CT molecular complexity index is 992. The third-order valence-electron chi connectivity index (χ3n) is 3.62. The minimum atomic E-state index is -0.0418. The van der Waals surface area contributed by atoms with Crippen LogP contribution in [-0.2, 0) is 7.05 Å². The van der Waals surface area contributed by atoms with Crippen molar-refractivity contribution in [3.63, 3.8) is 0 Å². The van der Waals surface area contributed by atoms with Crippen molar-refractivity contribution in [1.29, 1.82) is 0 Å². The van der Waals surface area contributed by atoms with Crippen LogP contribution in [0.25, 0.3) is 33.0 Å². The Kier molecular flexibility index (Phi) is 1.90. The topological polar surface area (TPSA) is 35.1 Å². The molecular formula is C16H11NO2. The second kappa shape index (κ2) is 3.48. The van der Waals surface area contributed by atoms with Gasteiger partial charge in [-0.3, -0.25) is 4.79 Å². The van der Waals surface area contributed by atoms with Gasteiger partial charge in [-0.15, -0.1) is 0 Å². The van der Waals surface area contributed by atoms with Crippen molar-refractivity contribution < 1.29 is 4.42 Å². The number of aromatic nitrogens is 1. The van der Waals surface area contributed by atoms with Crippen LogP contribution in [0.2, 0.25) is 0 Å². The second-order valence-electron chi connectivity index (χ2n) is 4.68. The van der Waals surface area contributed by atoms with E-state index in [0.717, 1.165) is 22.0 Å². The summed E-state index contributed by atoms with van der Waals surface area (Å²) in [5.74, 6) is 0. The van der Waals surface area contributed by atoms with E-state index in [2.05, 4.69) is 0 Å². The molecule has 0 aliphatic rings. The second-order valence-corrected chi connectivity index (χ2v) is 4.68. The van der Waals surface area contributed by atoms with Gasteiger partial charge in [0.25, 0.3) is 0 Å². The molecule has 3 heteroatoms. The molecule has 0 aliphatic heterocycles. The van der Waals surface area contributed by atoms with Crippen molar-refractivity contribution in [1.82, 2.24) is 4.57 Å². The van der Waals surface area contributed by atoms with Gasteiger partial charge < -0.3 is 8.98 Å². The molecule has 0 atom stereocenters. The summed E-state index contributed by atoms with van der Waals surface area (Å²) in [6.07, 6.45) is 0. The number of fused-ring (bicyclic) bond motifs is 4. The number of benzene rings is 2. The van der Waals surface area contributed by atoms with Crippen LogP contribution in [0.3, 0.4) is 0 Å². The lowest BCUT2D eigenvalue weighted by Crippen LogP contribution is -2.07. The molecule has 4 aromatic rings. The Morgan fingerprint density at radius 2 is 1.63 bits per heavy atom. The van der Waals surface area contributed by atoms with Crippen molar-refractivity contribution in [2.75, 3.05) is 0 Å². The molecule has 3 nitrogen and oxygen atoms in total. The summed E-state index contributed by atoms with van der Waals surface area (Å²) >= 11 is 0. The van der Waals surface area contributed by atoms with E-state index in [1.165, 1.54) is 0 Å². The van der Waals surface area contributed by atoms with Crippen LogP contribution in [0.15, 0.2) is 57.7 Å². The first-order chi connectivity index (χ1) is 9.27. The molecular weight excluding hydrogens is 238 g/mol. The molecule has 0 unspecified atom stereocenters. The van der Waals surface area contributed by atoms with Crippen molar-refractivity contribution in [2.45, 2.75) is 0 Å². The summed E-state index contributed by atoms with van der Waals surface area (Å²) in [5, 5.41) is 1.67. The predicted octanol–water partition coefficient (Wildman–Crippen LogP) is 3.44. The van der Waals surface area contributed by atoms with Gasteiger partial charge in [-0.25, -0.2) is 0 Å². The molecule has 2 aromatic carbocycles. The maximum absolute atomic E-state index is 12.5. The van der Waals surface area contributed by atoms with E-state index in [4.69, 9.17) is 4.42 Å². The summed E-state index contributed by atoms with van der Waals surface area (Å²) in [7, 11) is 1.96. The Morgan fingerprint density at radius 3 is 2.47 bits per heavy atom. The quantitative estimate of drug-likeness (QED) is 0.478. The minimum absolute atomic E-state index is 0.0418. The van der Waals surface area contributed by atoms with Crippen LogP contribution in [0, 0.1) is 0 Å². The lowest BCUT2D eigenvalue weighted by atomic mass is 10.1. The van der Waals surface area contributed by atoms with Gasteiger partial charge >= 0.3 is 0 Å². The fraction of sp³-hybridized carbons (Fsp3) is 0.0625. The molecule has 0 saturated carbocycles. The first kappa shape index (κ1) is 10.4. The van der Waals surface area contributed by atoms with E-state index in [1.54, 1.807) is 0 Å². The molecule has 2 aromatic heterocycles. The number of para-hydroxylation sites is 2. The predicted molar refractivity (Wildman–Crippen MR) is 76.5 cm³/mol. The van der Waals surface area contributed by atoms with Crippen molar-refractivity contribution in [2.24, 2.45) is 7.05 Å². The van der Waals surface area contributed by atoms with E-state index in [9.17, 15) is 4.79 Å². The largest absolute Gasteiger partial charge is 0.450 e. The number of nitrogens with zero attached hydrogens (tertiary/aromatic N) is 1. The standard InChI is InChI=1S/C16H11NO2/c1-17-12-8-4-2-6-10(12)15(18)16-14(17)11-7-3-5-9-13(11)19-16/h2-9H,1H3. The molecule has 0 fully saturated rings. The van der Waals surface area contributed by atoms with Gasteiger partial charge in [0.1, 0.15) is 5.58 Å². The molecule has 0 bridgehead atoms. The summed E-state index contributed by atoms with van der Waals surface area (Å²) in [4.78, 5) is 12.5. The molecule has 0 amide bonds. The van der Waals surface area contributed by atoms with Crippen molar-refractivity contribution in [3.8, 4) is 0 Å². The van der Waals surface area contributed by atoms with Gasteiger partial charge in [0, 0.05) is 17.8 Å². The van der Waals surface area contributed by atoms with Gasteiger partial charge in [-0.1, -0.05) is 24.3 Å². The minimum Gasteiger partial charge on any atom is -0.450 e. The average Bonchev–Trinajstić information content (AvgIpc) is 2.84. The third kappa shape index (κ3) is 1.24. The zero-order chi connectivity index (χ0) is 13.0.